The van der Waals surface area contributed by atoms with E-state index in [0.717, 1.165) is 19.6 Å². The number of ether oxygens (including phenoxy) is 1. The Morgan fingerprint density at radius 3 is 2.71 bits per heavy atom. The molecule has 0 radical (unpaired) electrons. The van der Waals surface area contributed by atoms with E-state index in [-0.39, 0.29) is 12.0 Å². The van der Waals surface area contributed by atoms with Gasteiger partial charge in [-0.1, -0.05) is 6.08 Å². The first-order chi connectivity index (χ1) is 8.04. The Balaban J connectivity index is 2.17. The second-order valence-electron chi connectivity index (χ2n) is 4.02. The maximum Gasteiger partial charge on any atom is 0.412 e. The van der Waals surface area contributed by atoms with Crippen LogP contribution in [0.25, 0.3) is 0 Å². The zero-order valence-electron chi connectivity index (χ0n) is 10.0. The van der Waals surface area contributed by atoms with Crippen molar-refractivity contribution >= 4 is 0 Å². The second kappa shape index (κ2) is 6.98. The van der Waals surface area contributed by atoms with Crippen LogP contribution in [-0.4, -0.2) is 57.5 Å². The molecule has 0 fully saturated rings. The topological polar surface area (TPSA) is 24.5 Å². The minimum absolute atomic E-state index is 0.0988. The first-order valence-corrected chi connectivity index (χ1v) is 5.72. The molecule has 0 aromatic carbocycles. The van der Waals surface area contributed by atoms with Gasteiger partial charge in [-0.15, -0.1) is 0 Å². The summed E-state index contributed by atoms with van der Waals surface area (Å²) in [7, 11) is 1.63. The van der Waals surface area contributed by atoms with E-state index in [2.05, 4.69) is 5.32 Å². The van der Waals surface area contributed by atoms with Gasteiger partial charge >= 0.3 is 6.18 Å². The van der Waals surface area contributed by atoms with Gasteiger partial charge in [0.15, 0.2) is 0 Å². The summed E-state index contributed by atoms with van der Waals surface area (Å²) in [5.41, 5.74) is -0.388. The quantitative estimate of drug-likeness (QED) is 0.571. The van der Waals surface area contributed by atoms with Crippen molar-refractivity contribution in [3.63, 3.8) is 0 Å². The van der Waals surface area contributed by atoms with E-state index < -0.39 is 6.18 Å². The molecule has 0 saturated heterocycles. The minimum Gasteiger partial charge on any atom is -0.383 e. The molecule has 1 rings (SSSR count). The molecule has 0 atom stereocenters. The molecule has 1 N–H and O–H groups in total. The third-order valence-corrected chi connectivity index (χ3v) is 2.75. The lowest BCUT2D eigenvalue weighted by Crippen LogP contribution is -2.37. The molecule has 0 amide bonds. The fraction of sp³-hybridized carbons (Fsp3) is 0.818. The van der Waals surface area contributed by atoms with E-state index in [9.17, 15) is 13.2 Å². The summed E-state index contributed by atoms with van der Waals surface area (Å²) in [6, 6.07) is 0. The van der Waals surface area contributed by atoms with Gasteiger partial charge in [0.2, 0.25) is 0 Å². The van der Waals surface area contributed by atoms with Gasteiger partial charge in [0.25, 0.3) is 0 Å². The predicted molar refractivity (Wildman–Crippen MR) is 59.9 cm³/mol. The molecule has 0 aromatic rings. The average molecular weight is 252 g/mol. The first kappa shape index (κ1) is 14.5. The van der Waals surface area contributed by atoms with Crippen LogP contribution in [0.3, 0.4) is 0 Å². The van der Waals surface area contributed by atoms with Crippen LogP contribution in [0.4, 0.5) is 13.2 Å². The van der Waals surface area contributed by atoms with E-state index in [1.165, 1.54) is 6.08 Å². The molecule has 0 bridgehead atoms. The normalized spacial score (nSPS) is 18.2. The number of rotatable bonds is 6. The number of methoxy groups -OCH3 is 1. The smallest absolute Gasteiger partial charge is 0.383 e. The number of nitrogens with one attached hydrogen (secondary N) is 1. The van der Waals surface area contributed by atoms with Crippen LogP contribution in [0, 0.1) is 0 Å². The highest BCUT2D eigenvalue weighted by Gasteiger charge is 2.34. The lowest BCUT2D eigenvalue weighted by atomic mass is 10.1. The summed E-state index contributed by atoms with van der Waals surface area (Å²) in [5, 5.41) is 3.17. The van der Waals surface area contributed by atoms with E-state index >= 15 is 0 Å². The summed E-state index contributed by atoms with van der Waals surface area (Å²) in [6.45, 7) is 3.84. The summed E-state index contributed by atoms with van der Waals surface area (Å²) >= 11 is 0. The molecule has 0 aromatic heterocycles. The van der Waals surface area contributed by atoms with Crippen LogP contribution in [0.5, 0.6) is 0 Å². The number of hydrogen-bond acceptors (Lipinski definition) is 3. The molecule has 1 heterocycles. The Labute approximate surface area is 99.6 Å². The Morgan fingerprint density at radius 1 is 1.41 bits per heavy atom. The van der Waals surface area contributed by atoms with E-state index in [1.807, 2.05) is 4.90 Å². The van der Waals surface area contributed by atoms with Crippen LogP contribution in [0.15, 0.2) is 11.6 Å². The molecule has 1 aliphatic rings. The van der Waals surface area contributed by atoms with Gasteiger partial charge < -0.3 is 10.1 Å². The number of alkyl halides is 3. The van der Waals surface area contributed by atoms with Crippen LogP contribution < -0.4 is 5.32 Å². The van der Waals surface area contributed by atoms with E-state index in [0.29, 0.717) is 19.7 Å². The minimum atomic E-state index is -4.15. The van der Waals surface area contributed by atoms with Crippen LogP contribution in [-0.2, 0) is 4.74 Å². The van der Waals surface area contributed by atoms with Gasteiger partial charge in [0.05, 0.1) is 6.61 Å². The maximum atomic E-state index is 12.3. The molecule has 100 valence electrons. The van der Waals surface area contributed by atoms with Gasteiger partial charge in [-0.25, -0.2) is 0 Å². The third kappa shape index (κ3) is 5.52. The maximum absolute atomic E-state index is 12.3. The number of nitrogens with zero attached hydrogens (tertiary/aromatic N) is 1. The van der Waals surface area contributed by atoms with Crippen LogP contribution >= 0.6 is 0 Å². The summed E-state index contributed by atoms with van der Waals surface area (Å²) in [6.07, 6.45) is -2.76. The van der Waals surface area contributed by atoms with Crippen molar-refractivity contribution in [2.45, 2.75) is 12.6 Å². The highest BCUT2D eigenvalue weighted by molar-refractivity contribution is 5.12. The van der Waals surface area contributed by atoms with Crippen molar-refractivity contribution in [3.8, 4) is 0 Å². The molecule has 0 aliphatic carbocycles. The molecule has 3 nitrogen and oxygen atoms in total. The largest absolute Gasteiger partial charge is 0.412 e. The standard InChI is InChI=1S/C11H19F3N2O/c1-17-9-5-15-4-8-16-6-2-10(3-7-16)11(12,13)14/h2,15H,3-9H2,1H3. The molecule has 0 spiro atoms. The molecular formula is C11H19F3N2O. The lowest BCUT2D eigenvalue weighted by Gasteiger charge is -2.27. The SMILES string of the molecule is COCCNCCN1CC=C(C(F)(F)F)CC1. The lowest BCUT2D eigenvalue weighted by molar-refractivity contribution is -0.0959. The van der Waals surface area contributed by atoms with Gasteiger partial charge in [-0.05, 0) is 6.42 Å². The number of halogens is 3. The van der Waals surface area contributed by atoms with Crippen LogP contribution in [0.2, 0.25) is 0 Å². The highest BCUT2D eigenvalue weighted by Crippen LogP contribution is 2.29. The van der Waals surface area contributed by atoms with Crippen molar-refractivity contribution < 1.29 is 17.9 Å². The molecule has 1 aliphatic heterocycles. The monoisotopic (exact) mass is 252 g/mol. The van der Waals surface area contributed by atoms with Crippen molar-refractivity contribution in [1.29, 1.82) is 0 Å². The van der Waals surface area contributed by atoms with E-state index in [1.54, 1.807) is 7.11 Å². The highest BCUT2D eigenvalue weighted by atomic mass is 19.4. The molecule has 17 heavy (non-hydrogen) atoms. The zero-order valence-corrected chi connectivity index (χ0v) is 10.0. The Morgan fingerprint density at radius 2 is 2.18 bits per heavy atom. The van der Waals surface area contributed by atoms with Crippen molar-refractivity contribution in [1.82, 2.24) is 10.2 Å². The fourth-order valence-corrected chi connectivity index (χ4v) is 1.71. The van der Waals surface area contributed by atoms with Gasteiger partial charge in [0.1, 0.15) is 0 Å². The molecule has 0 unspecified atom stereocenters. The Bertz CT molecular complexity index is 254. The van der Waals surface area contributed by atoms with Crippen molar-refractivity contribution in [2.75, 3.05) is 46.4 Å². The third-order valence-electron chi connectivity index (χ3n) is 2.75. The zero-order chi connectivity index (χ0) is 12.7. The predicted octanol–water partition coefficient (Wildman–Crippen LogP) is 1.42. The van der Waals surface area contributed by atoms with Gasteiger partial charge in [0, 0.05) is 45.4 Å². The molecule has 0 saturated carbocycles. The van der Waals surface area contributed by atoms with Gasteiger partial charge in [-0.3, -0.25) is 4.90 Å². The van der Waals surface area contributed by atoms with Crippen LogP contribution in [0.1, 0.15) is 6.42 Å². The van der Waals surface area contributed by atoms with Gasteiger partial charge in [-0.2, -0.15) is 13.2 Å². The first-order valence-electron chi connectivity index (χ1n) is 5.72. The second-order valence-corrected chi connectivity index (χ2v) is 4.02. The Kier molecular flexibility index (Phi) is 5.94. The summed E-state index contributed by atoms with van der Waals surface area (Å²) in [4.78, 5) is 2.01. The summed E-state index contributed by atoms with van der Waals surface area (Å²) in [5.74, 6) is 0. The summed E-state index contributed by atoms with van der Waals surface area (Å²) < 4.78 is 41.9. The van der Waals surface area contributed by atoms with Crippen molar-refractivity contribution in [2.24, 2.45) is 0 Å². The average Bonchev–Trinajstić information content (AvgIpc) is 2.28. The molecular weight excluding hydrogens is 233 g/mol. The van der Waals surface area contributed by atoms with Crippen molar-refractivity contribution in [3.05, 3.63) is 11.6 Å². The number of hydrogen-bond donors (Lipinski definition) is 1. The van der Waals surface area contributed by atoms with E-state index in [4.69, 9.17) is 4.74 Å². The molecule has 6 heteroatoms. The Hall–Kier alpha value is -0.590. The fourth-order valence-electron chi connectivity index (χ4n) is 1.71.